The molecule has 0 saturated heterocycles. The smallest absolute Gasteiger partial charge is 0.244 e. The van der Waals surface area contributed by atoms with Crippen LogP contribution >= 0.6 is 11.3 Å². The van der Waals surface area contributed by atoms with Gasteiger partial charge in [0, 0.05) is 29.4 Å². The summed E-state index contributed by atoms with van der Waals surface area (Å²) >= 11 is 1.52. The van der Waals surface area contributed by atoms with Crippen molar-refractivity contribution in [2.75, 3.05) is 13.7 Å². The van der Waals surface area contributed by atoms with Crippen LogP contribution in [0.3, 0.4) is 0 Å². The molecule has 2 aromatic heterocycles. The number of amides is 1. The Labute approximate surface area is 180 Å². The van der Waals surface area contributed by atoms with Crippen LogP contribution in [-0.2, 0) is 4.79 Å². The van der Waals surface area contributed by atoms with Gasteiger partial charge in [0.25, 0.3) is 0 Å². The van der Waals surface area contributed by atoms with Gasteiger partial charge in [-0.15, -0.1) is 11.3 Å². The molecule has 6 nitrogen and oxygen atoms in total. The summed E-state index contributed by atoms with van der Waals surface area (Å²) in [4.78, 5) is 21.0. The van der Waals surface area contributed by atoms with Crippen LogP contribution in [0.15, 0.2) is 54.2 Å². The Morgan fingerprint density at radius 2 is 2.03 bits per heavy atom. The Balaban J connectivity index is 1.61. The molecule has 0 radical (unpaired) electrons. The summed E-state index contributed by atoms with van der Waals surface area (Å²) in [7, 11) is 1.60. The summed E-state index contributed by atoms with van der Waals surface area (Å²) in [6.45, 7) is 4.60. The van der Waals surface area contributed by atoms with Crippen molar-refractivity contribution in [3.63, 3.8) is 0 Å². The lowest BCUT2D eigenvalue weighted by Gasteiger charge is -2.11. The van der Waals surface area contributed by atoms with Crippen molar-refractivity contribution in [3.05, 3.63) is 64.8 Å². The Hall–Kier alpha value is -3.19. The minimum absolute atomic E-state index is 0.187. The van der Waals surface area contributed by atoms with Crippen molar-refractivity contribution in [3.8, 4) is 22.8 Å². The predicted molar refractivity (Wildman–Crippen MR) is 120 cm³/mol. The van der Waals surface area contributed by atoms with E-state index in [2.05, 4.69) is 22.2 Å². The van der Waals surface area contributed by atoms with Gasteiger partial charge in [0.1, 0.15) is 5.01 Å². The SMILES string of the molecule is CCCOc1ccc(C=CC(=O)NC(C)c2nc(-c3ccncc3)cs2)cc1OC. The molecule has 1 unspecified atom stereocenters. The average Bonchev–Trinajstić information content (AvgIpc) is 3.27. The average molecular weight is 424 g/mol. The van der Waals surface area contributed by atoms with Gasteiger partial charge < -0.3 is 14.8 Å². The number of benzene rings is 1. The summed E-state index contributed by atoms with van der Waals surface area (Å²) in [6, 6.07) is 9.23. The predicted octanol–water partition coefficient (Wildman–Crippen LogP) is 4.89. The van der Waals surface area contributed by atoms with Crippen LogP contribution < -0.4 is 14.8 Å². The van der Waals surface area contributed by atoms with Gasteiger partial charge >= 0.3 is 0 Å². The van der Waals surface area contributed by atoms with Crippen molar-refractivity contribution in [2.45, 2.75) is 26.3 Å². The number of nitrogens with zero attached hydrogens (tertiary/aromatic N) is 2. The number of ether oxygens (including phenoxy) is 2. The molecule has 156 valence electrons. The fraction of sp³-hybridized carbons (Fsp3) is 0.261. The summed E-state index contributed by atoms with van der Waals surface area (Å²) in [5.74, 6) is 1.16. The second-order valence-corrected chi connectivity index (χ2v) is 7.52. The maximum Gasteiger partial charge on any atom is 0.244 e. The minimum Gasteiger partial charge on any atom is -0.493 e. The van der Waals surface area contributed by atoms with Gasteiger partial charge in [-0.3, -0.25) is 9.78 Å². The highest BCUT2D eigenvalue weighted by Crippen LogP contribution is 2.29. The van der Waals surface area contributed by atoms with Gasteiger partial charge in [0.2, 0.25) is 5.91 Å². The van der Waals surface area contributed by atoms with Crippen molar-refractivity contribution >= 4 is 23.3 Å². The number of rotatable bonds is 9. The summed E-state index contributed by atoms with van der Waals surface area (Å²) in [5.41, 5.74) is 2.74. The van der Waals surface area contributed by atoms with Gasteiger partial charge in [0.15, 0.2) is 11.5 Å². The van der Waals surface area contributed by atoms with E-state index in [9.17, 15) is 4.79 Å². The molecule has 0 fully saturated rings. The first kappa shape index (κ1) is 21.5. The molecule has 2 heterocycles. The standard InChI is InChI=1S/C23H25N3O3S/c1-4-13-29-20-7-5-17(14-21(20)28-3)6-8-22(27)25-16(2)23-26-19(15-30-23)18-9-11-24-12-10-18/h5-12,14-16H,4,13H2,1-3H3,(H,25,27). The Kier molecular flexibility index (Phi) is 7.57. The number of carbonyl (C=O) groups excluding carboxylic acids is 1. The molecule has 1 N–H and O–H groups in total. The van der Waals surface area contributed by atoms with E-state index in [0.717, 1.165) is 28.2 Å². The van der Waals surface area contributed by atoms with E-state index in [1.54, 1.807) is 25.6 Å². The lowest BCUT2D eigenvalue weighted by atomic mass is 10.2. The molecule has 0 aliphatic heterocycles. The van der Waals surface area contributed by atoms with E-state index in [-0.39, 0.29) is 11.9 Å². The van der Waals surface area contributed by atoms with E-state index in [1.807, 2.05) is 42.6 Å². The van der Waals surface area contributed by atoms with Crippen molar-refractivity contribution in [1.82, 2.24) is 15.3 Å². The first-order valence-electron chi connectivity index (χ1n) is 9.76. The van der Waals surface area contributed by atoms with Crippen LogP contribution in [0.25, 0.3) is 17.3 Å². The normalized spacial score (nSPS) is 12.0. The summed E-state index contributed by atoms with van der Waals surface area (Å²) in [6.07, 6.45) is 7.66. The molecule has 0 aliphatic carbocycles. The zero-order chi connectivity index (χ0) is 21.3. The molecule has 1 aromatic carbocycles. The molecular formula is C23H25N3O3S. The fourth-order valence-corrected chi connectivity index (χ4v) is 3.59. The maximum absolute atomic E-state index is 12.4. The molecule has 7 heteroatoms. The molecule has 1 atom stereocenters. The third-order valence-electron chi connectivity index (χ3n) is 4.30. The van der Waals surface area contributed by atoms with Gasteiger partial charge in [-0.05, 0) is 49.2 Å². The fourth-order valence-electron chi connectivity index (χ4n) is 2.76. The quantitative estimate of drug-likeness (QED) is 0.496. The largest absolute Gasteiger partial charge is 0.493 e. The van der Waals surface area contributed by atoms with Crippen LogP contribution in [0.4, 0.5) is 0 Å². The van der Waals surface area contributed by atoms with E-state index >= 15 is 0 Å². The molecule has 0 aliphatic rings. The van der Waals surface area contributed by atoms with Crippen molar-refractivity contribution < 1.29 is 14.3 Å². The molecule has 0 saturated carbocycles. The highest BCUT2D eigenvalue weighted by Gasteiger charge is 2.13. The highest BCUT2D eigenvalue weighted by atomic mass is 32.1. The maximum atomic E-state index is 12.4. The summed E-state index contributed by atoms with van der Waals surface area (Å²) < 4.78 is 11.0. The number of carbonyl (C=O) groups is 1. The van der Waals surface area contributed by atoms with Crippen LogP contribution in [0.1, 0.15) is 36.9 Å². The number of nitrogens with one attached hydrogen (secondary N) is 1. The van der Waals surface area contributed by atoms with Gasteiger partial charge in [-0.2, -0.15) is 0 Å². The number of hydrogen-bond acceptors (Lipinski definition) is 6. The third kappa shape index (κ3) is 5.67. The molecule has 0 bridgehead atoms. The monoisotopic (exact) mass is 423 g/mol. The van der Waals surface area contributed by atoms with Crippen LogP contribution in [0.2, 0.25) is 0 Å². The number of thiazole rings is 1. The number of hydrogen-bond donors (Lipinski definition) is 1. The second-order valence-electron chi connectivity index (χ2n) is 6.63. The minimum atomic E-state index is -0.193. The Morgan fingerprint density at radius 3 is 2.77 bits per heavy atom. The number of aromatic nitrogens is 2. The van der Waals surface area contributed by atoms with Crippen LogP contribution in [-0.4, -0.2) is 29.6 Å². The highest BCUT2D eigenvalue weighted by molar-refractivity contribution is 7.10. The molecule has 3 rings (SSSR count). The molecule has 0 spiro atoms. The lowest BCUT2D eigenvalue weighted by molar-refractivity contribution is -0.117. The molecule has 30 heavy (non-hydrogen) atoms. The first-order chi connectivity index (χ1) is 14.6. The molecule has 1 amide bonds. The van der Waals surface area contributed by atoms with Crippen LogP contribution in [0.5, 0.6) is 11.5 Å². The first-order valence-corrected chi connectivity index (χ1v) is 10.6. The number of methoxy groups -OCH3 is 1. The molecule has 3 aromatic rings. The zero-order valence-corrected chi connectivity index (χ0v) is 18.1. The second kappa shape index (κ2) is 10.5. The topological polar surface area (TPSA) is 73.3 Å². The van der Waals surface area contributed by atoms with Gasteiger partial charge in [0.05, 0.1) is 25.5 Å². The van der Waals surface area contributed by atoms with E-state index in [1.165, 1.54) is 17.4 Å². The Morgan fingerprint density at radius 1 is 1.23 bits per heavy atom. The summed E-state index contributed by atoms with van der Waals surface area (Å²) in [5, 5.41) is 5.79. The molecular weight excluding hydrogens is 398 g/mol. The zero-order valence-electron chi connectivity index (χ0n) is 17.3. The Bertz CT molecular complexity index is 1000. The van der Waals surface area contributed by atoms with E-state index in [4.69, 9.17) is 9.47 Å². The van der Waals surface area contributed by atoms with Gasteiger partial charge in [-0.25, -0.2) is 4.98 Å². The van der Waals surface area contributed by atoms with Crippen molar-refractivity contribution in [1.29, 1.82) is 0 Å². The van der Waals surface area contributed by atoms with Crippen LogP contribution in [0, 0.1) is 0 Å². The van der Waals surface area contributed by atoms with Crippen molar-refractivity contribution in [2.24, 2.45) is 0 Å². The van der Waals surface area contributed by atoms with E-state index in [0.29, 0.717) is 18.1 Å². The van der Waals surface area contributed by atoms with Gasteiger partial charge in [-0.1, -0.05) is 13.0 Å². The number of pyridine rings is 1. The van der Waals surface area contributed by atoms with E-state index < -0.39 is 0 Å². The lowest BCUT2D eigenvalue weighted by Crippen LogP contribution is -2.24. The third-order valence-corrected chi connectivity index (χ3v) is 5.33.